The third-order valence-corrected chi connectivity index (χ3v) is 10.2. The number of sulfonamides is 1. The summed E-state index contributed by atoms with van der Waals surface area (Å²) >= 11 is 0. The molecule has 4 aromatic rings. The van der Waals surface area contributed by atoms with Crippen LogP contribution in [0.5, 0.6) is 0 Å². The van der Waals surface area contributed by atoms with Crippen LogP contribution in [0.15, 0.2) is 102 Å². The lowest BCUT2D eigenvalue weighted by molar-refractivity contribution is -0.141. The molecule has 8 heteroatoms. The minimum atomic E-state index is -3.98. The second kappa shape index (κ2) is 14.2. The van der Waals surface area contributed by atoms with Gasteiger partial charge in [0.1, 0.15) is 6.04 Å². The van der Waals surface area contributed by atoms with Crippen molar-refractivity contribution in [3.05, 3.63) is 114 Å². The molecule has 0 bridgehead atoms. The molecule has 1 saturated carbocycles. The lowest BCUT2D eigenvalue weighted by Crippen LogP contribution is -2.54. The van der Waals surface area contributed by atoms with Gasteiger partial charge in [0, 0.05) is 26.1 Å². The summed E-state index contributed by atoms with van der Waals surface area (Å²) in [5.74, 6) is -0.639. The predicted octanol–water partition coefficient (Wildman–Crippen LogP) is 5.86. The van der Waals surface area contributed by atoms with Crippen LogP contribution in [0.1, 0.15) is 48.8 Å². The first kappa shape index (κ1) is 31.4. The van der Waals surface area contributed by atoms with Crippen LogP contribution >= 0.6 is 0 Å². The summed E-state index contributed by atoms with van der Waals surface area (Å²) in [6, 6.07) is 29.3. The molecule has 0 aliphatic heterocycles. The average molecular weight is 612 g/mol. The van der Waals surface area contributed by atoms with Crippen LogP contribution in [0.25, 0.3) is 10.8 Å². The van der Waals surface area contributed by atoms with Crippen LogP contribution in [0, 0.1) is 6.92 Å². The molecule has 7 nitrogen and oxygen atoms in total. The first-order valence-electron chi connectivity index (χ1n) is 15.3. The van der Waals surface area contributed by atoms with Crippen LogP contribution in [0.3, 0.4) is 0 Å². The van der Waals surface area contributed by atoms with E-state index in [1.165, 1.54) is 7.05 Å². The lowest BCUT2D eigenvalue weighted by atomic mass is 9.94. The molecule has 0 spiro atoms. The van der Waals surface area contributed by atoms with Gasteiger partial charge in [-0.1, -0.05) is 110 Å². The molecule has 0 radical (unpaired) electrons. The molecule has 0 heterocycles. The Hall–Kier alpha value is -4.01. The molecule has 1 atom stereocenters. The van der Waals surface area contributed by atoms with Crippen molar-refractivity contribution < 1.29 is 18.0 Å². The van der Waals surface area contributed by atoms with E-state index in [0.29, 0.717) is 6.42 Å². The van der Waals surface area contributed by atoms with Gasteiger partial charge in [-0.05, 0) is 53.8 Å². The minimum Gasteiger partial charge on any atom is -0.352 e. The largest absolute Gasteiger partial charge is 0.352 e. The van der Waals surface area contributed by atoms with Gasteiger partial charge in [0.05, 0.1) is 11.4 Å². The fraction of sp³-hybridized carbons (Fsp3) is 0.333. The number of aryl methyl sites for hydroxylation is 1. The van der Waals surface area contributed by atoms with Crippen molar-refractivity contribution in [3.8, 4) is 0 Å². The molecule has 230 valence electrons. The van der Waals surface area contributed by atoms with Gasteiger partial charge < -0.3 is 10.2 Å². The van der Waals surface area contributed by atoms with Gasteiger partial charge in [-0.25, -0.2) is 8.42 Å². The standard InChI is InChI=1S/C36H41N3O4S/c1-27-12-11-15-29(22-27)25-39(34(23-28-13-5-3-6-14-28)36(41)37-32-18-7-4-8-19-32)35(40)26-38(2)44(42,43)33-21-20-30-16-9-10-17-31(30)24-33/h3,5-6,9-17,20-22,24,32,34H,4,7-8,18-19,23,25-26H2,1-2H3,(H,37,41)/t34-/m0/s1. The van der Waals surface area contributed by atoms with Crippen molar-refractivity contribution in [2.45, 2.75) is 69.0 Å². The van der Waals surface area contributed by atoms with Gasteiger partial charge in [-0.2, -0.15) is 4.31 Å². The average Bonchev–Trinajstić information content (AvgIpc) is 3.03. The topological polar surface area (TPSA) is 86.8 Å². The molecule has 0 unspecified atom stereocenters. The number of hydrogen-bond donors (Lipinski definition) is 1. The fourth-order valence-corrected chi connectivity index (χ4v) is 7.14. The Morgan fingerprint density at radius 2 is 1.50 bits per heavy atom. The van der Waals surface area contributed by atoms with E-state index >= 15 is 0 Å². The molecule has 44 heavy (non-hydrogen) atoms. The Kier molecular flexibility index (Phi) is 10.1. The molecule has 1 aliphatic rings. The summed E-state index contributed by atoms with van der Waals surface area (Å²) in [6.45, 7) is 1.76. The maximum Gasteiger partial charge on any atom is 0.243 e. The maximum atomic E-state index is 14.2. The molecule has 1 fully saturated rings. The summed E-state index contributed by atoms with van der Waals surface area (Å²) in [5.41, 5.74) is 2.84. The Morgan fingerprint density at radius 3 is 2.23 bits per heavy atom. The molecule has 4 aromatic carbocycles. The van der Waals surface area contributed by atoms with E-state index in [2.05, 4.69) is 5.32 Å². The highest BCUT2D eigenvalue weighted by Crippen LogP contribution is 2.23. The van der Waals surface area contributed by atoms with Crippen molar-refractivity contribution >= 4 is 32.6 Å². The molecule has 5 rings (SSSR count). The number of rotatable bonds is 11. The van der Waals surface area contributed by atoms with Crippen LogP contribution in [0.2, 0.25) is 0 Å². The van der Waals surface area contributed by atoms with Gasteiger partial charge in [0.25, 0.3) is 0 Å². The molecular weight excluding hydrogens is 570 g/mol. The minimum absolute atomic E-state index is 0.0707. The second-order valence-electron chi connectivity index (χ2n) is 11.8. The summed E-state index contributed by atoms with van der Waals surface area (Å²) in [6.07, 6.45) is 5.45. The highest BCUT2D eigenvalue weighted by atomic mass is 32.2. The predicted molar refractivity (Wildman–Crippen MR) is 174 cm³/mol. The lowest BCUT2D eigenvalue weighted by Gasteiger charge is -2.34. The van der Waals surface area contributed by atoms with Crippen molar-refractivity contribution in [2.75, 3.05) is 13.6 Å². The van der Waals surface area contributed by atoms with Crippen LogP contribution < -0.4 is 5.32 Å². The Morgan fingerprint density at radius 1 is 0.818 bits per heavy atom. The number of carbonyl (C=O) groups is 2. The highest BCUT2D eigenvalue weighted by molar-refractivity contribution is 7.89. The van der Waals surface area contributed by atoms with E-state index in [1.54, 1.807) is 23.1 Å². The third-order valence-electron chi connectivity index (χ3n) is 8.45. The molecule has 1 aliphatic carbocycles. The SMILES string of the molecule is Cc1cccc(CN(C(=O)CN(C)S(=O)(=O)c2ccc3ccccc3c2)[C@@H](Cc2ccccc2)C(=O)NC2CCCCC2)c1. The molecule has 2 amide bonds. The highest BCUT2D eigenvalue weighted by Gasteiger charge is 2.34. The van der Waals surface area contributed by atoms with Crippen molar-refractivity contribution in [2.24, 2.45) is 0 Å². The molecule has 0 aromatic heterocycles. The Labute approximate surface area is 260 Å². The van der Waals surface area contributed by atoms with E-state index in [1.807, 2.05) is 85.8 Å². The van der Waals surface area contributed by atoms with Gasteiger partial charge in [-0.15, -0.1) is 0 Å². The second-order valence-corrected chi connectivity index (χ2v) is 13.9. The van der Waals surface area contributed by atoms with E-state index in [4.69, 9.17) is 0 Å². The number of carbonyl (C=O) groups excluding carboxylic acids is 2. The van der Waals surface area contributed by atoms with Crippen LogP contribution in [-0.2, 0) is 32.6 Å². The van der Waals surface area contributed by atoms with E-state index in [-0.39, 0.29) is 23.4 Å². The van der Waals surface area contributed by atoms with Crippen molar-refractivity contribution in [1.82, 2.24) is 14.5 Å². The van der Waals surface area contributed by atoms with Crippen LogP contribution in [-0.4, -0.2) is 55.1 Å². The van der Waals surface area contributed by atoms with Gasteiger partial charge in [0.2, 0.25) is 21.8 Å². The molecule has 0 saturated heterocycles. The fourth-order valence-electron chi connectivity index (χ4n) is 5.98. The maximum absolute atomic E-state index is 14.2. The summed E-state index contributed by atoms with van der Waals surface area (Å²) < 4.78 is 28.4. The van der Waals surface area contributed by atoms with Gasteiger partial charge in [0.15, 0.2) is 0 Å². The number of amides is 2. The number of hydrogen-bond acceptors (Lipinski definition) is 4. The van der Waals surface area contributed by atoms with E-state index in [9.17, 15) is 18.0 Å². The smallest absolute Gasteiger partial charge is 0.243 e. The Bertz CT molecular complexity index is 1700. The Balaban J connectivity index is 1.45. The van der Waals surface area contributed by atoms with Crippen molar-refractivity contribution in [3.63, 3.8) is 0 Å². The first-order chi connectivity index (χ1) is 21.2. The number of benzene rings is 4. The summed E-state index contributed by atoms with van der Waals surface area (Å²) in [7, 11) is -2.56. The quantitative estimate of drug-likeness (QED) is 0.230. The zero-order chi connectivity index (χ0) is 31.1. The summed E-state index contributed by atoms with van der Waals surface area (Å²) in [5, 5.41) is 4.97. The normalized spacial score (nSPS) is 14.8. The number of nitrogens with one attached hydrogen (secondary N) is 1. The van der Waals surface area contributed by atoms with E-state index in [0.717, 1.165) is 63.9 Å². The van der Waals surface area contributed by atoms with Crippen LogP contribution in [0.4, 0.5) is 0 Å². The first-order valence-corrected chi connectivity index (χ1v) is 16.8. The third kappa shape index (κ3) is 7.73. The van der Waals surface area contributed by atoms with Gasteiger partial charge in [-0.3, -0.25) is 9.59 Å². The number of likely N-dealkylation sites (N-methyl/N-ethyl adjacent to an activating group) is 1. The van der Waals surface area contributed by atoms with Crippen molar-refractivity contribution in [1.29, 1.82) is 0 Å². The van der Waals surface area contributed by atoms with E-state index < -0.39 is 28.5 Å². The molecular formula is C36H41N3O4S. The summed E-state index contributed by atoms with van der Waals surface area (Å²) in [4.78, 5) is 29.9. The molecule has 1 N–H and O–H groups in total. The van der Waals surface area contributed by atoms with Gasteiger partial charge >= 0.3 is 0 Å². The number of fused-ring (bicyclic) bond motifs is 1. The zero-order valence-corrected chi connectivity index (χ0v) is 26.3. The zero-order valence-electron chi connectivity index (χ0n) is 25.5. The number of nitrogens with zero attached hydrogens (tertiary/aromatic N) is 2. The monoisotopic (exact) mass is 611 g/mol.